The number of ether oxygens (including phenoxy) is 7. The van der Waals surface area contributed by atoms with Crippen molar-refractivity contribution >= 4 is 125 Å². The van der Waals surface area contributed by atoms with Crippen LogP contribution in [0.25, 0.3) is 0 Å². The summed E-state index contributed by atoms with van der Waals surface area (Å²) < 4.78 is 38.6. The van der Waals surface area contributed by atoms with Gasteiger partial charge in [-0.25, -0.2) is 0 Å². The first-order valence-corrected chi connectivity index (χ1v) is 23.2. The summed E-state index contributed by atoms with van der Waals surface area (Å²) in [5.74, 6) is 3.51. The number of para-hydroxylation sites is 6. The summed E-state index contributed by atoms with van der Waals surface area (Å²) in [6.07, 6.45) is -0.392. The van der Waals surface area contributed by atoms with E-state index >= 15 is 0 Å². The third-order valence-electron chi connectivity index (χ3n) is 5.43. The second kappa shape index (κ2) is 36.6. The molecule has 4 N–H and O–H groups in total. The maximum absolute atomic E-state index is 10.9. The van der Waals surface area contributed by atoms with Gasteiger partial charge in [0.25, 0.3) is 6.29 Å². The Labute approximate surface area is 385 Å². The Morgan fingerprint density at radius 3 is 1.09 bits per heavy atom. The second-order valence-electron chi connectivity index (χ2n) is 8.71. The topological polar surface area (TPSA) is 151 Å². The molecule has 0 spiro atoms. The van der Waals surface area contributed by atoms with Gasteiger partial charge in [0.1, 0.15) is 12.8 Å². The molecule has 0 bridgehead atoms. The lowest BCUT2D eigenvalue weighted by Crippen LogP contribution is -2.26. The first-order valence-electron chi connectivity index (χ1n) is 16.5. The summed E-state index contributed by atoms with van der Waals surface area (Å²) in [6, 6.07) is 22.2. The predicted octanol–water partition coefficient (Wildman–Crippen LogP) is 11.2. The zero-order valence-corrected chi connectivity index (χ0v) is 41.3. The molecular weight excluding hydrogens is 1250 g/mol. The van der Waals surface area contributed by atoms with Crippen molar-refractivity contribution in [2.45, 2.75) is 87.0 Å². The Morgan fingerprint density at radius 1 is 0.623 bits per heavy atom. The van der Waals surface area contributed by atoms with E-state index in [2.05, 4.69) is 118 Å². The third kappa shape index (κ3) is 25.7. The fourth-order valence-electron chi connectivity index (χ4n) is 3.66. The van der Waals surface area contributed by atoms with Gasteiger partial charge in [-0.2, -0.15) is 0 Å². The van der Waals surface area contributed by atoms with E-state index in [-0.39, 0.29) is 32.5 Å². The van der Waals surface area contributed by atoms with Crippen LogP contribution in [0, 0.1) is 0 Å². The van der Waals surface area contributed by atoms with E-state index in [1.807, 2.05) is 90.1 Å². The number of primary amides is 1. The van der Waals surface area contributed by atoms with Gasteiger partial charge in [0, 0.05) is 6.42 Å². The van der Waals surface area contributed by atoms with Gasteiger partial charge in [-0.15, -0.1) is 0 Å². The van der Waals surface area contributed by atoms with Crippen molar-refractivity contribution in [2.24, 2.45) is 11.5 Å². The summed E-state index contributed by atoms with van der Waals surface area (Å²) in [6.45, 7) is 12.6. The van der Waals surface area contributed by atoms with E-state index in [0.717, 1.165) is 17.9 Å². The molecule has 302 valence electrons. The maximum atomic E-state index is 10.9. The Hall–Kier alpha value is -0.990. The van der Waals surface area contributed by atoms with Crippen LogP contribution in [-0.2, 0) is 14.3 Å². The number of rotatable bonds is 6. The van der Waals surface area contributed by atoms with Gasteiger partial charge in [0.2, 0.25) is 18.5 Å². The van der Waals surface area contributed by atoms with Gasteiger partial charge < -0.3 is 44.6 Å². The molecule has 0 aliphatic carbocycles. The van der Waals surface area contributed by atoms with Gasteiger partial charge in [0.05, 0.1) is 9.54 Å². The number of alkyl halides is 5. The van der Waals surface area contributed by atoms with E-state index in [4.69, 9.17) is 39.9 Å². The lowest BCUT2D eigenvalue weighted by molar-refractivity contribution is -0.145. The van der Waals surface area contributed by atoms with Crippen LogP contribution in [0.1, 0.15) is 68.2 Å². The van der Waals surface area contributed by atoms with Crippen molar-refractivity contribution in [3.8, 4) is 34.5 Å². The number of methoxy groups -OCH3 is 1. The number of carbonyl (C=O) groups excluding carboxylic acids is 2. The van der Waals surface area contributed by atoms with Crippen LogP contribution in [0.3, 0.4) is 0 Å². The number of benzene rings is 3. The number of carbonyl (C=O) groups is 2. The molecule has 3 aliphatic rings. The van der Waals surface area contributed by atoms with E-state index in [1.54, 1.807) is 24.3 Å². The molecule has 3 aromatic rings. The van der Waals surface area contributed by atoms with Crippen LogP contribution in [0.4, 0.5) is 0 Å². The fraction of sp³-hybridized carbons (Fsp3) is 0.459. The number of hydrogen-bond donors (Lipinski definition) is 2. The van der Waals surface area contributed by atoms with Crippen LogP contribution in [-0.4, -0.2) is 46.8 Å². The van der Waals surface area contributed by atoms with E-state index in [1.165, 1.54) is 9.54 Å². The normalized spacial score (nSPS) is 12.0. The Morgan fingerprint density at radius 2 is 0.868 bits per heavy atom. The molecule has 0 saturated carbocycles. The molecule has 0 unspecified atom stereocenters. The second-order valence-corrected chi connectivity index (χ2v) is 24.0. The average molecular weight is 1310 g/mol. The summed E-state index contributed by atoms with van der Waals surface area (Å²) >= 11 is 11.5. The molecule has 1 amide bonds. The van der Waals surface area contributed by atoms with Crippen LogP contribution < -0.4 is 39.9 Å². The lowest BCUT2D eigenvalue weighted by atomic mass is 10.3. The molecule has 0 aromatic heterocycles. The van der Waals surface area contributed by atoms with E-state index < -0.39 is 18.5 Å². The van der Waals surface area contributed by atoms with E-state index in [9.17, 15) is 9.59 Å². The SMILES string of the molecule is C.CC.CC.CC.COC(=O)CC1Oc2ccccc2O1.IC(I)I.ICI.NC(=O)CC1Oc2ccccc2O1.NCCC1Oc2ccccc2O1. The summed E-state index contributed by atoms with van der Waals surface area (Å²) in [5.41, 5.74) is 10.4. The molecule has 53 heavy (non-hydrogen) atoms. The monoisotopic (exact) mass is 1310 g/mol. The molecule has 3 heterocycles. The standard InChI is InChI=1S/C10H10O4.C9H9NO3.C9H11NO2.3C2H6.CHI3.CH2I2.CH4/c1-12-9(11)6-10-13-7-4-2-3-5-8(7)14-10;10-8(11)5-9-12-6-3-1-2-4-7(6)13-9;10-6-5-9-11-7-3-1-2-4-8(7)12-9;3*1-2;2-1(3)4;2-1-3;/h2-5,10H,6H2,1H3;1-4,9H,5H2,(H2,10,11);1-4,9H,5-6,10H2;3*1-2H3;1H;1H2;1H4. The van der Waals surface area contributed by atoms with Gasteiger partial charge in [-0.05, 0) is 42.9 Å². The zero-order chi connectivity index (χ0) is 39.9. The maximum Gasteiger partial charge on any atom is 0.313 e. The molecule has 0 saturated heterocycles. The average Bonchev–Trinajstić information content (AvgIpc) is 3.87. The van der Waals surface area contributed by atoms with Gasteiger partial charge in [-0.1, -0.05) is 198 Å². The predicted molar refractivity (Wildman–Crippen MR) is 258 cm³/mol. The first kappa shape index (κ1) is 56.3. The number of fused-ring (bicyclic) bond motifs is 3. The highest BCUT2D eigenvalue weighted by Gasteiger charge is 2.27. The highest BCUT2D eigenvalue weighted by molar-refractivity contribution is 14.3. The van der Waals surface area contributed by atoms with Crippen molar-refractivity contribution in [3.63, 3.8) is 0 Å². The van der Waals surface area contributed by atoms with Gasteiger partial charge in [-0.3, -0.25) is 9.59 Å². The number of hydrogen-bond acceptors (Lipinski definition) is 10. The van der Waals surface area contributed by atoms with Crippen molar-refractivity contribution in [1.82, 2.24) is 0 Å². The summed E-state index contributed by atoms with van der Waals surface area (Å²) in [4.78, 5) is 21.5. The van der Waals surface area contributed by atoms with E-state index in [0.29, 0.717) is 29.5 Å². The van der Waals surface area contributed by atoms with Crippen molar-refractivity contribution in [3.05, 3.63) is 72.8 Å². The summed E-state index contributed by atoms with van der Waals surface area (Å²) in [7, 11) is 1.34. The molecule has 11 nitrogen and oxygen atoms in total. The van der Waals surface area contributed by atoms with Gasteiger partial charge >= 0.3 is 5.97 Å². The molecule has 0 atom stereocenters. The smallest absolute Gasteiger partial charge is 0.313 e. The largest absolute Gasteiger partial charge is 0.469 e. The van der Waals surface area contributed by atoms with Gasteiger partial charge in [0.15, 0.2) is 34.5 Å². The Bertz CT molecular complexity index is 1280. The molecule has 3 aromatic carbocycles. The highest BCUT2D eigenvalue weighted by atomic mass is 127. The number of esters is 1. The van der Waals surface area contributed by atoms with Crippen molar-refractivity contribution in [2.75, 3.05) is 16.1 Å². The zero-order valence-electron chi connectivity index (χ0n) is 30.5. The number of amides is 1. The van der Waals surface area contributed by atoms with Crippen molar-refractivity contribution in [1.29, 1.82) is 0 Å². The highest BCUT2D eigenvalue weighted by Crippen LogP contribution is 2.36. The Balaban J connectivity index is -0.000000606. The van der Waals surface area contributed by atoms with Crippen LogP contribution in [0.15, 0.2) is 72.8 Å². The molecule has 16 heteroatoms. The molecule has 0 fully saturated rings. The number of nitrogens with two attached hydrogens (primary N) is 2. The minimum Gasteiger partial charge on any atom is -0.469 e. The summed E-state index contributed by atoms with van der Waals surface area (Å²) in [5, 5.41) is 0. The van der Waals surface area contributed by atoms with Crippen LogP contribution >= 0.6 is 113 Å². The lowest BCUT2D eigenvalue weighted by Gasteiger charge is -2.07. The molecular formula is C37H55I5N2O9. The quantitative estimate of drug-likeness (QED) is 0.139. The third-order valence-corrected chi connectivity index (χ3v) is 5.43. The molecule has 3 aliphatic heterocycles. The fourth-order valence-corrected chi connectivity index (χ4v) is 3.66. The minimum absolute atomic E-state index is 0. The van der Waals surface area contributed by atoms with Crippen LogP contribution in [0.5, 0.6) is 34.5 Å². The Kier molecular flexibility index (Phi) is 38.9. The number of halogens is 5. The minimum atomic E-state index is -0.560. The first-order chi connectivity index (χ1) is 25.1. The van der Waals surface area contributed by atoms with Crippen LogP contribution in [0.2, 0.25) is 0 Å². The van der Waals surface area contributed by atoms with Crippen molar-refractivity contribution < 1.29 is 42.7 Å². The molecule has 6 rings (SSSR count). The molecule has 0 radical (unpaired) electrons.